The van der Waals surface area contributed by atoms with Gasteiger partial charge in [0.05, 0.1) is 34.5 Å². The molecule has 0 N–H and O–H groups in total. The van der Waals surface area contributed by atoms with Gasteiger partial charge in [-0.15, -0.1) is 10.2 Å². The number of aromatic nitrogens is 8. The first-order chi connectivity index (χ1) is 18.9. The molecule has 178 valence electrons. The van der Waals surface area contributed by atoms with Crippen LogP contribution in [0, 0.1) is 0 Å². The van der Waals surface area contributed by atoms with Gasteiger partial charge in [0.1, 0.15) is 0 Å². The molecule has 0 atom stereocenters. The van der Waals surface area contributed by atoms with E-state index < -0.39 is 0 Å². The van der Waals surface area contributed by atoms with Crippen LogP contribution in [0.2, 0.25) is 0 Å². The Labute approximate surface area is 215 Å². The summed E-state index contributed by atoms with van der Waals surface area (Å²) >= 11 is 0. The second-order valence-corrected chi connectivity index (χ2v) is 9.05. The summed E-state index contributed by atoms with van der Waals surface area (Å²) in [6, 6.07) is 29.6. The Morgan fingerprint density at radius 1 is 0.421 bits per heavy atom. The van der Waals surface area contributed by atoms with Gasteiger partial charge < -0.3 is 0 Å². The molecule has 0 radical (unpaired) electrons. The number of nitrogens with zero attached hydrogens (tertiary/aromatic N) is 8. The minimum Gasteiger partial charge on any atom is -0.248 e. The van der Waals surface area contributed by atoms with Crippen molar-refractivity contribution in [2.75, 3.05) is 0 Å². The second kappa shape index (κ2) is 8.01. The average molecular weight is 491 g/mol. The van der Waals surface area contributed by atoms with Crippen LogP contribution in [0.4, 0.5) is 0 Å². The maximum absolute atomic E-state index is 4.41. The average Bonchev–Trinajstić information content (AvgIpc) is 3.49. The molecule has 38 heavy (non-hydrogen) atoms. The molecule has 0 aliphatic carbocycles. The molecule has 8 rings (SSSR count). The van der Waals surface area contributed by atoms with E-state index in [4.69, 9.17) is 0 Å². The summed E-state index contributed by atoms with van der Waals surface area (Å²) in [5.41, 5.74) is 6.24. The highest BCUT2D eigenvalue weighted by atomic mass is 15.5. The van der Waals surface area contributed by atoms with Crippen LogP contribution in [0.3, 0.4) is 0 Å². The number of hydrogen-bond donors (Lipinski definition) is 0. The molecule has 4 heterocycles. The van der Waals surface area contributed by atoms with Crippen molar-refractivity contribution in [3.05, 3.63) is 110 Å². The lowest BCUT2D eigenvalue weighted by Gasteiger charge is -2.13. The zero-order valence-electron chi connectivity index (χ0n) is 20.0. The van der Waals surface area contributed by atoms with E-state index >= 15 is 0 Å². The topological polar surface area (TPSA) is 87.2 Å². The number of rotatable bonds is 3. The van der Waals surface area contributed by atoms with Gasteiger partial charge in [-0.3, -0.25) is 0 Å². The van der Waals surface area contributed by atoms with Crippen molar-refractivity contribution in [1.29, 1.82) is 0 Å². The highest BCUT2D eigenvalue weighted by Gasteiger charge is 2.19. The molecule has 0 fully saturated rings. The van der Waals surface area contributed by atoms with Gasteiger partial charge in [0.15, 0.2) is 11.6 Å². The van der Waals surface area contributed by atoms with Gasteiger partial charge in [-0.1, -0.05) is 36.4 Å². The molecular formula is C30H18N8. The lowest BCUT2D eigenvalue weighted by Crippen LogP contribution is -2.08. The van der Waals surface area contributed by atoms with E-state index in [1.807, 2.05) is 0 Å². The third-order valence-corrected chi connectivity index (χ3v) is 6.98. The van der Waals surface area contributed by atoms with E-state index in [1.165, 1.54) is 0 Å². The van der Waals surface area contributed by atoms with Gasteiger partial charge in [-0.2, -0.15) is 10.2 Å². The van der Waals surface area contributed by atoms with Crippen LogP contribution >= 0.6 is 0 Å². The number of para-hydroxylation sites is 2. The molecule has 0 spiro atoms. The van der Waals surface area contributed by atoms with Gasteiger partial charge in [0.2, 0.25) is 0 Å². The SMILES string of the molecule is c1ccc2c(c1)c1cc(-c3nccnn3)ccc1n2-n1c2ccccc2c2cc(-c3nccnn3)ccc21. The summed E-state index contributed by atoms with van der Waals surface area (Å²) in [7, 11) is 0. The van der Waals surface area contributed by atoms with Crippen molar-refractivity contribution in [3.8, 4) is 22.8 Å². The highest BCUT2D eigenvalue weighted by molar-refractivity contribution is 6.12. The first kappa shape index (κ1) is 20.7. The van der Waals surface area contributed by atoms with Crippen LogP contribution in [0.15, 0.2) is 110 Å². The highest BCUT2D eigenvalue weighted by Crippen LogP contribution is 2.37. The van der Waals surface area contributed by atoms with Crippen molar-refractivity contribution in [2.24, 2.45) is 0 Å². The summed E-state index contributed by atoms with van der Waals surface area (Å²) in [4.78, 5) is 8.81. The summed E-state index contributed by atoms with van der Waals surface area (Å²) in [6.45, 7) is 0. The fourth-order valence-corrected chi connectivity index (χ4v) is 5.37. The molecular weight excluding hydrogens is 472 g/mol. The van der Waals surface area contributed by atoms with E-state index in [0.29, 0.717) is 11.6 Å². The van der Waals surface area contributed by atoms with Gasteiger partial charge in [0.25, 0.3) is 0 Å². The lowest BCUT2D eigenvalue weighted by molar-refractivity contribution is 0.775. The van der Waals surface area contributed by atoms with Gasteiger partial charge in [-0.25, -0.2) is 19.3 Å². The van der Waals surface area contributed by atoms with Crippen molar-refractivity contribution in [2.45, 2.75) is 0 Å². The predicted molar refractivity (Wildman–Crippen MR) is 147 cm³/mol. The molecule has 0 bridgehead atoms. The molecule has 4 aromatic heterocycles. The fourth-order valence-electron chi connectivity index (χ4n) is 5.37. The number of benzene rings is 4. The lowest BCUT2D eigenvalue weighted by atomic mass is 10.1. The predicted octanol–water partition coefficient (Wildman–Crippen LogP) is 5.92. The van der Waals surface area contributed by atoms with Crippen LogP contribution in [-0.2, 0) is 0 Å². The van der Waals surface area contributed by atoms with E-state index in [0.717, 1.165) is 54.7 Å². The molecule has 0 aliphatic heterocycles. The fraction of sp³-hybridized carbons (Fsp3) is 0. The minimum atomic E-state index is 0.605. The summed E-state index contributed by atoms with van der Waals surface area (Å²) in [5, 5.41) is 21.0. The molecule has 8 nitrogen and oxygen atoms in total. The van der Waals surface area contributed by atoms with Crippen molar-refractivity contribution >= 4 is 43.6 Å². The second-order valence-electron chi connectivity index (χ2n) is 9.05. The van der Waals surface area contributed by atoms with Crippen LogP contribution < -0.4 is 0 Å². The Kier molecular flexibility index (Phi) is 4.35. The van der Waals surface area contributed by atoms with Crippen molar-refractivity contribution < 1.29 is 0 Å². The zero-order chi connectivity index (χ0) is 25.1. The van der Waals surface area contributed by atoms with E-state index in [2.05, 4.69) is 125 Å². The molecule has 0 saturated heterocycles. The monoisotopic (exact) mass is 490 g/mol. The summed E-state index contributed by atoms with van der Waals surface area (Å²) in [5.74, 6) is 1.21. The maximum Gasteiger partial charge on any atom is 0.181 e. The zero-order valence-corrected chi connectivity index (χ0v) is 20.0. The smallest absolute Gasteiger partial charge is 0.181 e. The summed E-state index contributed by atoms with van der Waals surface area (Å²) in [6.07, 6.45) is 6.50. The summed E-state index contributed by atoms with van der Waals surface area (Å²) < 4.78 is 4.59. The van der Waals surface area contributed by atoms with Crippen molar-refractivity contribution in [3.63, 3.8) is 0 Å². The Morgan fingerprint density at radius 2 is 0.868 bits per heavy atom. The largest absolute Gasteiger partial charge is 0.248 e. The third-order valence-electron chi connectivity index (χ3n) is 6.98. The number of fused-ring (bicyclic) bond motifs is 6. The Bertz CT molecular complexity index is 1970. The Morgan fingerprint density at radius 3 is 1.32 bits per heavy atom. The first-order valence-electron chi connectivity index (χ1n) is 12.2. The quantitative estimate of drug-likeness (QED) is 0.306. The van der Waals surface area contributed by atoms with Crippen LogP contribution in [0.25, 0.3) is 66.4 Å². The van der Waals surface area contributed by atoms with Crippen molar-refractivity contribution in [1.82, 2.24) is 39.7 Å². The third kappa shape index (κ3) is 2.97. The molecule has 0 unspecified atom stereocenters. The molecule has 0 saturated carbocycles. The molecule has 0 amide bonds. The number of hydrogen-bond acceptors (Lipinski definition) is 6. The Hall–Kier alpha value is -5.50. The van der Waals surface area contributed by atoms with E-state index in [1.54, 1.807) is 24.8 Å². The van der Waals surface area contributed by atoms with Gasteiger partial charge >= 0.3 is 0 Å². The normalized spacial score (nSPS) is 11.7. The van der Waals surface area contributed by atoms with Crippen LogP contribution in [0.1, 0.15) is 0 Å². The maximum atomic E-state index is 4.41. The van der Waals surface area contributed by atoms with E-state index in [-0.39, 0.29) is 0 Å². The first-order valence-corrected chi connectivity index (χ1v) is 12.2. The van der Waals surface area contributed by atoms with Crippen LogP contribution in [-0.4, -0.2) is 39.7 Å². The molecule has 8 heteroatoms. The van der Waals surface area contributed by atoms with E-state index in [9.17, 15) is 0 Å². The Balaban J connectivity index is 1.46. The van der Waals surface area contributed by atoms with Crippen LogP contribution in [0.5, 0.6) is 0 Å². The van der Waals surface area contributed by atoms with Gasteiger partial charge in [-0.05, 0) is 48.5 Å². The molecule has 8 aromatic rings. The molecule has 0 aliphatic rings. The standard InChI is InChI=1S/C30H18N8/c1-3-7-25-21(5-1)23-17-19(29-31-13-15-33-35-29)9-11-27(23)37(25)38-26-8-4-2-6-22(26)24-18-20(10-12-28(24)38)30-32-14-16-34-36-30/h1-18H. The molecule has 4 aromatic carbocycles. The van der Waals surface area contributed by atoms with Gasteiger partial charge in [0, 0.05) is 45.1 Å². The minimum absolute atomic E-state index is 0.605.